The van der Waals surface area contributed by atoms with Crippen molar-refractivity contribution in [2.75, 3.05) is 0 Å². The fourth-order valence-electron chi connectivity index (χ4n) is 2.95. The van der Waals surface area contributed by atoms with E-state index in [1.807, 2.05) is 37.3 Å². The van der Waals surface area contributed by atoms with Gasteiger partial charge in [0, 0.05) is 0 Å². The van der Waals surface area contributed by atoms with E-state index < -0.39 is 17.4 Å². The predicted molar refractivity (Wildman–Crippen MR) is 87.5 cm³/mol. The molecule has 2 aromatic carbocycles. The lowest BCUT2D eigenvalue weighted by Crippen LogP contribution is -2.45. The maximum atomic E-state index is 12.0. The average molecular weight is 312 g/mol. The van der Waals surface area contributed by atoms with Crippen LogP contribution in [0.4, 0.5) is 0 Å². The Kier molecular flexibility index (Phi) is 5.16. The van der Waals surface area contributed by atoms with Gasteiger partial charge < -0.3 is 10.2 Å². The van der Waals surface area contributed by atoms with Crippen molar-refractivity contribution < 1.29 is 19.8 Å². The van der Waals surface area contributed by atoms with Crippen LogP contribution in [0.15, 0.2) is 60.7 Å². The monoisotopic (exact) mass is 312 g/mol. The summed E-state index contributed by atoms with van der Waals surface area (Å²) in [5.41, 5.74) is -0.690. The lowest BCUT2D eigenvalue weighted by Gasteiger charge is -2.29. The molecule has 1 atom stereocenters. The Labute approximate surface area is 135 Å². The number of benzene rings is 2. The molecule has 0 amide bonds. The molecule has 4 nitrogen and oxygen atoms in total. The van der Waals surface area contributed by atoms with E-state index in [-0.39, 0.29) is 12.3 Å². The van der Waals surface area contributed by atoms with Crippen LogP contribution < -0.4 is 0 Å². The molecular weight excluding hydrogens is 292 g/mol. The van der Waals surface area contributed by atoms with Gasteiger partial charge in [0.1, 0.15) is 0 Å². The number of rotatable bonds is 7. The van der Waals surface area contributed by atoms with Crippen LogP contribution in [0.5, 0.6) is 0 Å². The first-order chi connectivity index (χ1) is 11.0. The van der Waals surface area contributed by atoms with Crippen LogP contribution in [-0.4, -0.2) is 22.2 Å². The van der Waals surface area contributed by atoms with Crippen molar-refractivity contribution in [3.63, 3.8) is 0 Å². The summed E-state index contributed by atoms with van der Waals surface area (Å²) in [4.78, 5) is 23.9. The van der Waals surface area contributed by atoms with Gasteiger partial charge in [-0.05, 0) is 29.9 Å². The Balaban J connectivity index is 2.50. The van der Waals surface area contributed by atoms with E-state index in [9.17, 15) is 19.8 Å². The molecule has 0 spiro atoms. The molecule has 2 rings (SSSR count). The number of hydrogen-bond acceptors (Lipinski definition) is 2. The van der Waals surface area contributed by atoms with E-state index in [1.54, 1.807) is 30.3 Å². The smallest absolute Gasteiger partial charge is 0.325 e. The quantitative estimate of drug-likeness (QED) is 0.765. The van der Waals surface area contributed by atoms with Gasteiger partial charge in [-0.3, -0.25) is 9.59 Å². The topological polar surface area (TPSA) is 74.6 Å². The molecule has 0 aromatic heterocycles. The fourth-order valence-corrected chi connectivity index (χ4v) is 2.95. The van der Waals surface area contributed by atoms with Crippen molar-refractivity contribution in [3.8, 4) is 0 Å². The Morgan fingerprint density at radius 3 is 1.83 bits per heavy atom. The highest BCUT2D eigenvalue weighted by Crippen LogP contribution is 2.37. The molecule has 120 valence electrons. The van der Waals surface area contributed by atoms with Crippen molar-refractivity contribution in [2.45, 2.75) is 31.1 Å². The zero-order valence-corrected chi connectivity index (χ0v) is 13.0. The zero-order valence-electron chi connectivity index (χ0n) is 13.0. The molecule has 1 unspecified atom stereocenters. The van der Waals surface area contributed by atoms with Gasteiger partial charge in [-0.2, -0.15) is 0 Å². The highest BCUT2D eigenvalue weighted by molar-refractivity contribution is 6.04. The first-order valence-electron chi connectivity index (χ1n) is 7.59. The van der Waals surface area contributed by atoms with Gasteiger partial charge in [0.05, 0.1) is 0 Å². The van der Waals surface area contributed by atoms with Gasteiger partial charge in [-0.15, -0.1) is 0 Å². The maximum absolute atomic E-state index is 12.0. The van der Waals surface area contributed by atoms with Gasteiger partial charge in [0.2, 0.25) is 0 Å². The Hall–Kier alpha value is -2.62. The minimum Gasteiger partial charge on any atom is -0.480 e. The summed E-state index contributed by atoms with van der Waals surface area (Å²) >= 11 is 0. The number of carboxylic acid groups (broad SMARTS) is 2. The molecule has 2 N–H and O–H groups in total. The van der Waals surface area contributed by atoms with Gasteiger partial charge in [-0.1, -0.05) is 67.6 Å². The summed E-state index contributed by atoms with van der Waals surface area (Å²) in [6.45, 7) is 1.94. The van der Waals surface area contributed by atoms with Crippen molar-refractivity contribution in [1.82, 2.24) is 0 Å². The van der Waals surface area contributed by atoms with Gasteiger partial charge in [0.15, 0.2) is 5.41 Å². The molecule has 0 saturated heterocycles. The molecule has 0 saturated carbocycles. The zero-order chi connectivity index (χ0) is 16.9. The molecular formula is C19H20O4. The largest absolute Gasteiger partial charge is 0.480 e. The second-order valence-electron chi connectivity index (χ2n) is 5.60. The fraction of sp³-hybridized carbons (Fsp3) is 0.263. The molecule has 0 radical (unpaired) electrons. The summed E-state index contributed by atoms with van der Waals surface area (Å²) in [5, 5.41) is 19.5. The number of hydrogen-bond donors (Lipinski definition) is 2. The summed E-state index contributed by atoms with van der Waals surface area (Å²) in [6, 6.07) is 17.7. The van der Waals surface area contributed by atoms with E-state index >= 15 is 0 Å². The third-order valence-electron chi connectivity index (χ3n) is 4.31. The molecule has 4 heteroatoms. The van der Waals surface area contributed by atoms with E-state index in [0.717, 1.165) is 5.56 Å². The maximum Gasteiger partial charge on any atom is 0.325 e. The molecule has 0 aliphatic carbocycles. The molecule has 0 bridgehead atoms. The SMILES string of the molecule is CCC(CC(C(=O)O)(C(=O)O)c1ccccc1)c1ccccc1. The van der Waals surface area contributed by atoms with Crippen LogP contribution in [0.25, 0.3) is 0 Å². The number of aliphatic carboxylic acids is 2. The van der Waals surface area contributed by atoms with E-state index in [2.05, 4.69) is 0 Å². The standard InChI is InChI=1S/C19H20O4/c1-2-14(15-9-5-3-6-10-15)13-19(17(20)21,18(22)23)16-11-7-4-8-12-16/h3-12,14H,2,13H2,1H3,(H,20,21)(H,22,23). The second kappa shape index (κ2) is 7.09. The van der Waals surface area contributed by atoms with Crippen LogP contribution in [0, 0.1) is 0 Å². The summed E-state index contributed by atoms with van der Waals surface area (Å²) < 4.78 is 0. The van der Waals surface area contributed by atoms with E-state index in [0.29, 0.717) is 12.0 Å². The Bertz CT molecular complexity index is 650. The predicted octanol–water partition coefficient (Wildman–Crippen LogP) is 3.68. The Morgan fingerprint density at radius 1 is 0.913 bits per heavy atom. The van der Waals surface area contributed by atoms with E-state index in [1.165, 1.54) is 0 Å². The van der Waals surface area contributed by atoms with Crippen molar-refractivity contribution in [1.29, 1.82) is 0 Å². The van der Waals surface area contributed by atoms with E-state index in [4.69, 9.17) is 0 Å². The molecule has 0 aliphatic rings. The highest BCUT2D eigenvalue weighted by Gasteiger charge is 2.49. The summed E-state index contributed by atoms with van der Waals surface area (Å²) in [6.07, 6.45) is 0.682. The summed E-state index contributed by atoms with van der Waals surface area (Å²) in [7, 11) is 0. The Morgan fingerprint density at radius 2 is 1.39 bits per heavy atom. The van der Waals surface area contributed by atoms with Crippen LogP contribution in [0.2, 0.25) is 0 Å². The normalized spacial score (nSPS) is 12.6. The van der Waals surface area contributed by atoms with Gasteiger partial charge in [0.25, 0.3) is 0 Å². The highest BCUT2D eigenvalue weighted by atomic mass is 16.4. The first kappa shape index (κ1) is 16.7. The number of carbonyl (C=O) groups is 2. The molecule has 0 fully saturated rings. The van der Waals surface area contributed by atoms with Gasteiger partial charge in [-0.25, -0.2) is 0 Å². The molecule has 2 aromatic rings. The lowest BCUT2D eigenvalue weighted by molar-refractivity contribution is -0.158. The molecule has 23 heavy (non-hydrogen) atoms. The van der Waals surface area contributed by atoms with Crippen LogP contribution in [0.3, 0.4) is 0 Å². The second-order valence-corrected chi connectivity index (χ2v) is 5.60. The minimum absolute atomic E-state index is 0.0161. The van der Waals surface area contributed by atoms with Crippen molar-refractivity contribution >= 4 is 11.9 Å². The molecule has 0 aliphatic heterocycles. The summed E-state index contributed by atoms with van der Waals surface area (Å²) in [5.74, 6) is -2.81. The average Bonchev–Trinajstić information content (AvgIpc) is 2.57. The van der Waals surface area contributed by atoms with Crippen LogP contribution in [0.1, 0.15) is 36.8 Å². The van der Waals surface area contributed by atoms with Crippen LogP contribution in [-0.2, 0) is 15.0 Å². The van der Waals surface area contributed by atoms with Crippen molar-refractivity contribution in [2.24, 2.45) is 0 Å². The minimum atomic E-state index is -1.95. The first-order valence-corrected chi connectivity index (χ1v) is 7.59. The van der Waals surface area contributed by atoms with Gasteiger partial charge >= 0.3 is 11.9 Å². The lowest BCUT2D eigenvalue weighted by atomic mass is 9.71. The number of carboxylic acids is 2. The molecule has 0 heterocycles. The van der Waals surface area contributed by atoms with Crippen molar-refractivity contribution in [3.05, 3.63) is 71.8 Å². The third kappa shape index (κ3) is 3.26. The van der Waals surface area contributed by atoms with Crippen LogP contribution >= 0.6 is 0 Å². The third-order valence-corrected chi connectivity index (χ3v) is 4.31.